The van der Waals surface area contributed by atoms with Crippen LogP contribution in [0, 0.1) is 5.92 Å². The first kappa shape index (κ1) is 19.3. The third-order valence-corrected chi connectivity index (χ3v) is 5.69. The molecule has 1 amide bonds. The highest BCUT2D eigenvalue weighted by Gasteiger charge is 2.24. The number of carboxylic acids is 1. The number of benzene rings is 2. The highest BCUT2D eigenvalue weighted by molar-refractivity contribution is 5.89. The molecule has 1 saturated heterocycles. The molecule has 2 heterocycles. The van der Waals surface area contributed by atoms with E-state index in [0.717, 1.165) is 36.1 Å². The van der Waals surface area contributed by atoms with Crippen molar-refractivity contribution in [3.63, 3.8) is 0 Å². The van der Waals surface area contributed by atoms with E-state index in [0.29, 0.717) is 50.0 Å². The number of amides is 1. The lowest BCUT2D eigenvalue weighted by molar-refractivity contribution is -0.131. The first-order valence-corrected chi connectivity index (χ1v) is 10.1. The van der Waals surface area contributed by atoms with Crippen molar-refractivity contribution in [1.82, 2.24) is 4.90 Å². The number of ether oxygens (including phenoxy) is 2. The van der Waals surface area contributed by atoms with Crippen molar-refractivity contribution in [2.75, 3.05) is 26.3 Å². The Hall–Kier alpha value is -3.02. The van der Waals surface area contributed by atoms with Gasteiger partial charge in [-0.2, -0.15) is 0 Å². The minimum atomic E-state index is -0.882. The lowest BCUT2D eigenvalue weighted by atomic mass is 9.88. The molecule has 0 atom stereocenters. The average molecular weight is 395 g/mol. The molecule has 6 nitrogen and oxygen atoms in total. The molecule has 0 radical (unpaired) electrons. The molecule has 4 rings (SSSR count). The number of likely N-dealkylation sites (tertiary alicyclic amines) is 1. The fourth-order valence-corrected chi connectivity index (χ4v) is 4.09. The molecular weight excluding hydrogens is 370 g/mol. The fraction of sp³-hybridized carbons (Fsp3) is 0.391. The molecule has 152 valence electrons. The van der Waals surface area contributed by atoms with Gasteiger partial charge in [0, 0.05) is 13.1 Å². The van der Waals surface area contributed by atoms with E-state index in [1.54, 1.807) is 12.1 Å². The van der Waals surface area contributed by atoms with E-state index in [-0.39, 0.29) is 5.91 Å². The zero-order valence-electron chi connectivity index (χ0n) is 16.3. The second kappa shape index (κ2) is 8.55. The zero-order valence-corrected chi connectivity index (χ0v) is 16.3. The largest absolute Gasteiger partial charge is 0.486 e. The van der Waals surface area contributed by atoms with Crippen molar-refractivity contribution in [1.29, 1.82) is 0 Å². The number of rotatable bonds is 5. The first-order valence-electron chi connectivity index (χ1n) is 10.1. The number of carbonyl (C=O) groups excluding carboxylic acids is 1. The molecule has 2 aromatic rings. The lowest BCUT2D eigenvalue weighted by Gasteiger charge is -2.32. The summed E-state index contributed by atoms with van der Waals surface area (Å²) in [5.74, 6) is 1.07. The van der Waals surface area contributed by atoms with Gasteiger partial charge in [-0.05, 0) is 54.5 Å². The Morgan fingerprint density at radius 1 is 1.00 bits per heavy atom. The maximum absolute atomic E-state index is 12.7. The van der Waals surface area contributed by atoms with Crippen LogP contribution in [0.15, 0.2) is 42.5 Å². The zero-order chi connectivity index (χ0) is 20.2. The molecule has 0 unspecified atom stereocenters. The molecule has 0 spiro atoms. The molecule has 1 N–H and O–H groups in total. The van der Waals surface area contributed by atoms with E-state index in [2.05, 4.69) is 0 Å². The van der Waals surface area contributed by atoms with Crippen LogP contribution in [0.1, 0.15) is 34.3 Å². The Morgan fingerprint density at radius 2 is 1.72 bits per heavy atom. The molecule has 29 heavy (non-hydrogen) atoms. The van der Waals surface area contributed by atoms with Gasteiger partial charge in [-0.3, -0.25) is 4.79 Å². The van der Waals surface area contributed by atoms with E-state index in [4.69, 9.17) is 9.47 Å². The smallest absolute Gasteiger partial charge is 0.335 e. The number of hydrogen-bond acceptors (Lipinski definition) is 4. The molecular formula is C23H25NO5. The van der Waals surface area contributed by atoms with Crippen molar-refractivity contribution < 1.29 is 24.2 Å². The Balaban J connectivity index is 1.31. The number of carbonyl (C=O) groups is 2. The summed E-state index contributed by atoms with van der Waals surface area (Å²) in [4.78, 5) is 26.0. The summed E-state index contributed by atoms with van der Waals surface area (Å²) in [5.41, 5.74) is 2.18. The van der Waals surface area contributed by atoms with Crippen molar-refractivity contribution in [3.05, 3.63) is 59.2 Å². The van der Waals surface area contributed by atoms with E-state index >= 15 is 0 Å². The number of piperidine rings is 1. The molecule has 0 aliphatic carbocycles. The molecule has 0 bridgehead atoms. The summed E-state index contributed by atoms with van der Waals surface area (Å²) >= 11 is 0. The lowest BCUT2D eigenvalue weighted by Crippen LogP contribution is -2.39. The van der Waals surface area contributed by atoms with Gasteiger partial charge in [0.15, 0.2) is 11.5 Å². The standard InChI is InChI=1S/C23H25NO5/c25-22(15-17-5-6-20-21(14-17)29-12-11-28-20)24-9-7-16(8-10-24)13-18-3-1-2-4-19(18)23(26)27/h1-6,14,16H,7-13,15H2,(H,26,27). The van der Waals surface area contributed by atoms with Crippen LogP contribution in [0.25, 0.3) is 0 Å². The maximum atomic E-state index is 12.7. The van der Waals surface area contributed by atoms with E-state index < -0.39 is 5.97 Å². The monoisotopic (exact) mass is 395 g/mol. The first-order chi connectivity index (χ1) is 14.1. The highest BCUT2D eigenvalue weighted by atomic mass is 16.6. The van der Waals surface area contributed by atoms with Gasteiger partial charge in [-0.25, -0.2) is 4.79 Å². The van der Waals surface area contributed by atoms with Crippen LogP contribution < -0.4 is 9.47 Å². The number of carboxylic acid groups (broad SMARTS) is 1. The molecule has 2 aliphatic rings. The minimum absolute atomic E-state index is 0.117. The van der Waals surface area contributed by atoms with E-state index in [9.17, 15) is 14.7 Å². The summed E-state index contributed by atoms with van der Waals surface area (Å²) in [6.45, 7) is 2.51. The van der Waals surface area contributed by atoms with Crippen LogP contribution >= 0.6 is 0 Å². The molecule has 2 aromatic carbocycles. The fourth-order valence-electron chi connectivity index (χ4n) is 4.09. The molecule has 6 heteroatoms. The van der Waals surface area contributed by atoms with Crippen LogP contribution in [0.3, 0.4) is 0 Å². The Bertz CT molecular complexity index is 902. The Morgan fingerprint density at radius 3 is 2.48 bits per heavy atom. The Labute approximate surface area is 170 Å². The maximum Gasteiger partial charge on any atom is 0.335 e. The normalized spacial score (nSPS) is 16.5. The van der Waals surface area contributed by atoms with Gasteiger partial charge in [0.1, 0.15) is 13.2 Å². The number of nitrogens with zero attached hydrogens (tertiary/aromatic N) is 1. The molecule has 0 aromatic heterocycles. The van der Waals surface area contributed by atoms with Crippen molar-refractivity contribution in [3.8, 4) is 11.5 Å². The number of fused-ring (bicyclic) bond motifs is 1. The Kier molecular flexibility index (Phi) is 5.69. The van der Waals surface area contributed by atoms with Gasteiger partial charge in [0.05, 0.1) is 12.0 Å². The quantitative estimate of drug-likeness (QED) is 0.842. The van der Waals surface area contributed by atoms with Crippen molar-refractivity contribution in [2.24, 2.45) is 5.92 Å². The van der Waals surface area contributed by atoms with Crippen LogP contribution in [0.2, 0.25) is 0 Å². The topological polar surface area (TPSA) is 76.1 Å². The molecule has 1 fully saturated rings. The van der Waals surface area contributed by atoms with Gasteiger partial charge in [0.2, 0.25) is 5.91 Å². The van der Waals surface area contributed by atoms with Gasteiger partial charge in [-0.15, -0.1) is 0 Å². The predicted molar refractivity (Wildman–Crippen MR) is 108 cm³/mol. The second-order valence-corrected chi connectivity index (χ2v) is 7.65. The van der Waals surface area contributed by atoms with Crippen molar-refractivity contribution >= 4 is 11.9 Å². The van der Waals surface area contributed by atoms with Crippen LogP contribution in [0.5, 0.6) is 11.5 Å². The number of aromatic carboxylic acids is 1. The van der Waals surface area contributed by atoms with E-state index in [1.807, 2.05) is 35.2 Å². The van der Waals surface area contributed by atoms with E-state index in [1.165, 1.54) is 0 Å². The van der Waals surface area contributed by atoms with Gasteiger partial charge >= 0.3 is 5.97 Å². The van der Waals surface area contributed by atoms with Crippen LogP contribution in [-0.2, 0) is 17.6 Å². The SMILES string of the molecule is O=C(O)c1ccccc1CC1CCN(C(=O)Cc2ccc3c(c2)OCCO3)CC1. The highest BCUT2D eigenvalue weighted by Crippen LogP contribution is 2.31. The molecule has 2 aliphatic heterocycles. The third kappa shape index (κ3) is 4.53. The predicted octanol–water partition coefficient (Wildman–Crippen LogP) is 3.18. The summed E-state index contributed by atoms with van der Waals surface area (Å²) in [6, 6.07) is 12.9. The van der Waals surface area contributed by atoms with Gasteiger partial charge in [-0.1, -0.05) is 24.3 Å². The minimum Gasteiger partial charge on any atom is -0.486 e. The van der Waals surface area contributed by atoms with Crippen LogP contribution in [0.4, 0.5) is 0 Å². The molecule has 0 saturated carbocycles. The summed E-state index contributed by atoms with van der Waals surface area (Å²) in [7, 11) is 0. The summed E-state index contributed by atoms with van der Waals surface area (Å²) in [6.07, 6.45) is 2.87. The number of hydrogen-bond donors (Lipinski definition) is 1. The second-order valence-electron chi connectivity index (χ2n) is 7.65. The van der Waals surface area contributed by atoms with Crippen molar-refractivity contribution in [2.45, 2.75) is 25.7 Å². The van der Waals surface area contributed by atoms with Crippen LogP contribution in [-0.4, -0.2) is 48.2 Å². The average Bonchev–Trinajstić information content (AvgIpc) is 2.74. The summed E-state index contributed by atoms with van der Waals surface area (Å²) in [5, 5.41) is 9.35. The van der Waals surface area contributed by atoms with Gasteiger partial charge in [0.25, 0.3) is 0 Å². The third-order valence-electron chi connectivity index (χ3n) is 5.69. The van der Waals surface area contributed by atoms with Gasteiger partial charge < -0.3 is 19.5 Å². The summed E-state index contributed by atoms with van der Waals surface area (Å²) < 4.78 is 11.1.